The Balaban J connectivity index is 1.58. The quantitative estimate of drug-likeness (QED) is 0.331. The van der Waals surface area contributed by atoms with Gasteiger partial charge in [-0.05, 0) is 80.9 Å². The van der Waals surface area contributed by atoms with Crippen LogP contribution in [0.4, 0.5) is 11.4 Å². The van der Waals surface area contributed by atoms with Crippen molar-refractivity contribution >= 4 is 46.2 Å². The lowest BCUT2D eigenvalue weighted by molar-refractivity contribution is -0.118. The molecule has 2 aliphatic rings. The van der Waals surface area contributed by atoms with Crippen LogP contribution in [0.25, 0.3) is 0 Å². The van der Waals surface area contributed by atoms with Gasteiger partial charge >= 0.3 is 0 Å². The summed E-state index contributed by atoms with van der Waals surface area (Å²) in [7, 11) is 0. The molecular formula is C29H34ClN5OS. The molecule has 0 bridgehead atoms. The number of nitrogens with one attached hydrogen (secondary N) is 2. The van der Waals surface area contributed by atoms with Crippen LogP contribution < -0.4 is 15.5 Å². The van der Waals surface area contributed by atoms with Crippen LogP contribution in [0.1, 0.15) is 80.3 Å². The Labute approximate surface area is 229 Å². The predicted molar refractivity (Wildman–Crippen MR) is 154 cm³/mol. The van der Waals surface area contributed by atoms with E-state index in [-0.39, 0.29) is 23.9 Å². The summed E-state index contributed by atoms with van der Waals surface area (Å²) in [5, 5.41) is 7.57. The maximum absolute atomic E-state index is 12.3. The van der Waals surface area contributed by atoms with Crippen molar-refractivity contribution in [2.75, 3.05) is 10.2 Å². The minimum atomic E-state index is -0.135. The predicted octanol–water partition coefficient (Wildman–Crippen LogP) is 7.04. The fourth-order valence-corrected chi connectivity index (χ4v) is 6.38. The number of pyridine rings is 1. The third kappa shape index (κ3) is 4.87. The van der Waals surface area contributed by atoms with E-state index in [1.807, 2.05) is 56.4 Å². The SMILES string of the molecule is Cc1cc([C@H]2[C@H](c3ccccn3)NC(=S)N2c2ccc(NC(=O)C(C)C)c(Cl)c2)c(C)n1C1CCCC1. The molecule has 5 rings (SSSR count). The molecule has 0 radical (unpaired) electrons. The Bertz CT molecular complexity index is 1320. The van der Waals surface area contributed by atoms with Gasteiger partial charge in [0.2, 0.25) is 5.91 Å². The van der Waals surface area contributed by atoms with Gasteiger partial charge in [-0.2, -0.15) is 0 Å². The summed E-state index contributed by atoms with van der Waals surface area (Å²) in [6, 6.07) is 14.3. The number of aryl methyl sites for hydroxylation is 1. The van der Waals surface area contributed by atoms with Crippen LogP contribution in [-0.2, 0) is 4.79 Å². The van der Waals surface area contributed by atoms with Crippen LogP contribution in [0.3, 0.4) is 0 Å². The number of rotatable bonds is 6. The van der Waals surface area contributed by atoms with Gasteiger partial charge in [-0.3, -0.25) is 9.78 Å². The molecule has 2 aromatic heterocycles. The van der Waals surface area contributed by atoms with Gasteiger partial charge in [0.05, 0.1) is 28.5 Å². The zero-order valence-electron chi connectivity index (χ0n) is 21.8. The van der Waals surface area contributed by atoms with E-state index in [0.717, 1.165) is 11.4 Å². The molecule has 2 N–H and O–H groups in total. The lowest BCUT2D eigenvalue weighted by Crippen LogP contribution is -2.29. The standard InChI is InChI=1S/C29H34ClN5OS/c1-17(2)28(36)32-24-13-12-21(16-23(24)30)35-27(26(33-29(35)37)25-11-7-8-14-31-25)22-15-18(3)34(19(22)4)20-9-5-6-10-20/h7-8,11-17,20,26-27H,5-6,9-10H2,1-4H3,(H,32,36)(H,33,37)/t26-,27-/m0/s1. The Morgan fingerprint density at radius 3 is 2.57 bits per heavy atom. The summed E-state index contributed by atoms with van der Waals surface area (Å²) in [6.07, 6.45) is 6.85. The third-order valence-corrected chi connectivity index (χ3v) is 8.27. The maximum atomic E-state index is 12.3. The number of thiocarbonyl (C=S) groups is 1. The van der Waals surface area contributed by atoms with Crippen LogP contribution in [0, 0.1) is 19.8 Å². The summed E-state index contributed by atoms with van der Waals surface area (Å²) in [6.45, 7) is 8.15. The third-order valence-electron chi connectivity index (χ3n) is 7.64. The average molecular weight is 536 g/mol. The molecule has 3 aromatic rings. The zero-order chi connectivity index (χ0) is 26.3. The molecule has 3 heterocycles. The van der Waals surface area contributed by atoms with E-state index in [1.165, 1.54) is 42.6 Å². The van der Waals surface area contributed by atoms with E-state index < -0.39 is 0 Å². The van der Waals surface area contributed by atoms with Gasteiger partial charge in [-0.25, -0.2) is 0 Å². The number of benzene rings is 1. The number of amides is 1. The fourth-order valence-electron chi connectivity index (χ4n) is 5.81. The molecule has 1 aliphatic heterocycles. The van der Waals surface area contributed by atoms with Gasteiger partial charge in [-0.1, -0.05) is 44.4 Å². The lowest BCUT2D eigenvalue weighted by Gasteiger charge is -2.29. The van der Waals surface area contributed by atoms with Gasteiger partial charge in [0.15, 0.2) is 5.11 Å². The molecule has 2 atom stereocenters. The number of hydrogen-bond donors (Lipinski definition) is 2. The highest BCUT2D eigenvalue weighted by molar-refractivity contribution is 7.80. The second-order valence-electron chi connectivity index (χ2n) is 10.4. The molecule has 0 unspecified atom stereocenters. The molecule has 1 aromatic carbocycles. The lowest BCUT2D eigenvalue weighted by atomic mass is 9.96. The van der Waals surface area contributed by atoms with Gasteiger partial charge in [0, 0.05) is 35.2 Å². The van der Waals surface area contributed by atoms with E-state index in [9.17, 15) is 4.79 Å². The minimum absolute atomic E-state index is 0.0690. The van der Waals surface area contributed by atoms with Crippen LogP contribution in [0.2, 0.25) is 5.02 Å². The molecule has 8 heteroatoms. The molecule has 1 amide bonds. The first kappa shape index (κ1) is 25.7. The molecule has 37 heavy (non-hydrogen) atoms. The second kappa shape index (κ2) is 10.5. The van der Waals surface area contributed by atoms with Gasteiger partial charge in [-0.15, -0.1) is 0 Å². The molecular weight excluding hydrogens is 502 g/mol. The average Bonchev–Trinajstić information content (AvgIpc) is 3.58. The minimum Gasteiger partial charge on any atom is -0.351 e. The van der Waals surface area contributed by atoms with Crippen molar-refractivity contribution in [1.82, 2.24) is 14.9 Å². The highest BCUT2D eigenvalue weighted by Gasteiger charge is 2.42. The molecule has 1 aliphatic carbocycles. The molecule has 194 valence electrons. The van der Waals surface area contributed by atoms with E-state index in [0.29, 0.717) is 21.9 Å². The second-order valence-corrected chi connectivity index (χ2v) is 11.2. The summed E-state index contributed by atoms with van der Waals surface area (Å²) in [5.41, 5.74) is 6.20. The van der Waals surface area contributed by atoms with Gasteiger partial charge in [0.25, 0.3) is 0 Å². The largest absolute Gasteiger partial charge is 0.351 e. The van der Waals surface area contributed by atoms with Crippen molar-refractivity contribution in [3.63, 3.8) is 0 Å². The fraction of sp³-hybridized carbons (Fsp3) is 0.414. The molecule has 6 nitrogen and oxygen atoms in total. The van der Waals surface area contributed by atoms with Crippen LogP contribution >= 0.6 is 23.8 Å². The summed E-state index contributed by atoms with van der Waals surface area (Å²) >= 11 is 12.6. The number of halogens is 1. The molecule has 2 fully saturated rings. The molecule has 0 spiro atoms. The number of carbonyl (C=O) groups is 1. The Morgan fingerprint density at radius 2 is 1.92 bits per heavy atom. The van der Waals surface area contributed by atoms with Crippen LogP contribution in [0.15, 0.2) is 48.7 Å². The number of hydrogen-bond acceptors (Lipinski definition) is 3. The maximum Gasteiger partial charge on any atom is 0.226 e. The number of nitrogens with zero attached hydrogens (tertiary/aromatic N) is 3. The number of anilines is 2. The topological polar surface area (TPSA) is 62.2 Å². The smallest absolute Gasteiger partial charge is 0.226 e. The first-order chi connectivity index (χ1) is 17.8. The van der Waals surface area contributed by atoms with Crippen LogP contribution in [-0.4, -0.2) is 20.6 Å². The van der Waals surface area contributed by atoms with Gasteiger partial charge < -0.3 is 20.1 Å². The zero-order valence-corrected chi connectivity index (χ0v) is 23.4. The normalized spacial score (nSPS) is 20.1. The summed E-state index contributed by atoms with van der Waals surface area (Å²) < 4.78 is 2.52. The summed E-state index contributed by atoms with van der Waals surface area (Å²) in [4.78, 5) is 19.1. The van der Waals surface area contributed by atoms with E-state index in [4.69, 9.17) is 23.8 Å². The van der Waals surface area contributed by atoms with Crippen molar-refractivity contribution in [1.29, 1.82) is 0 Å². The number of aromatic nitrogens is 2. The Hall–Kier alpha value is -2.90. The van der Waals surface area contributed by atoms with Crippen molar-refractivity contribution in [3.8, 4) is 0 Å². The van der Waals surface area contributed by atoms with Gasteiger partial charge in [0.1, 0.15) is 0 Å². The molecule has 1 saturated carbocycles. The van der Waals surface area contributed by atoms with Crippen LogP contribution in [0.5, 0.6) is 0 Å². The van der Waals surface area contributed by atoms with E-state index in [2.05, 4.69) is 45.0 Å². The highest BCUT2D eigenvalue weighted by Crippen LogP contribution is 2.45. The first-order valence-corrected chi connectivity index (χ1v) is 13.8. The van der Waals surface area contributed by atoms with Crippen molar-refractivity contribution in [3.05, 3.63) is 76.3 Å². The monoisotopic (exact) mass is 535 g/mol. The first-order valence-electron chi connectivity index (χ1n) is 13.1. The van der Waals surface area contributed by atoms with Crippen molar-refractivity contribution in [2.24, 2.45) is 5.92 Å². The van der Waals surface area contributed by atoms with E-state index >= 15 is 0 Å². The van der Waals surface area contributed by atoms with Crippen molar-refractivity contribution in [2.45, 2.75) is 71.5 Å². The molecule has 1 saturated heterocycles. The Kier molecular flexibility index (Phi) is 7.28. The number of carbonyl (C=O) groups excluding carboxylic acids is 1. The summed E-state index contributed by atoms with van der Waals surface area (Å²) in [5.74, 6) is -0.204. The Morgan fingerprint density at radius 1 is 1.16 bits per heavy atom. The van der Waals surface area contributed by atoms with E-state index in [1.54, 1.807) is 0 Å². The van der Waals surface area contributed by atoms with Crippen molar-refractivity contribution < 1.29 is 4.79 Å². The highest BCUT2D eigenvalue weighted by atomic mass is 35.5.